The summed E-state index contributed by atoms with van der Waals surface area (Å²) in [5.74, 6) is 0.525. The minimum absolute atomic E-state index is 0.164. The Kier molecular flexibility index (Phi) is 3.44. The maximum Gasteiger partial charge on any atom is 0.123 e. The molecule has 2 atom stereocenters. The third-order valence-electron chi connectivity index (χ3n) is 3.54. The lowest BCUT2D eigenvalue weighted by Gasteiger charge is -2.26. The monoisotopic (exact) mass is 222 g/mol. The molecule has 0 radical (unpaired) electrons. The predicted molar refractivity (Wildman–Crippen MR) is 65.2 cm³/mol. The Hall–Kier alpha value is -1.09. The molecule has 1 N–H and O–H groups in total. The molecule has 2 nitrogen and oxygen atoms in total. The van der Waals surface area contributed by atoms with Crippen LogP contribution in [0.4, 0.5) is 10.1 Å². The molecule has 0 aliphatic carbocycles. The van der Waals surface area contributed by atoms with Gasteiger partial charge in [0.15, 0.2) is 0 Å². The van der Waals surface area contributed by atoms with Gasteiger partial charge in [-0.1, -0.05) is 0 Å². The molecular weight excluding hydrogens is 203 g/mol. The maximum atomic E-state index is 12.8. The number of halogens is 1. The highest BCUT2D eigenvalue weighted by molar-refractivity contribution is 5.48. The number of hydrogen-bond acceptors (Lipinski definition) is 2. The van der Waals surface area contributed by atoms with Crippen molar-refractivity contribution in [2.75, 3.05) is 25.0 Å². The summed E-state index contributed by atoms with van der Waals surface area (Å²) in [6.45, 7) is 4.37. The summed E-state index contributed by atoms with van der Waals surface area (Å²) >= 11 is 0. The largest absolute Gasteiger partial charge is 0.368 e. The van der Waals surface area contributed by atoms with Crippen molar-refractivity contribution in [3.05, 3.63) is 30.1 Å². The number of nitrogens with zero attached hydrogens (tertiary/aromatic N) is 1. The van der Waals surface area contributed by atoms with Gasteiger partial charge in [-0.25, -0.2) is 4.39 Å². The Balaban J connectivity index is 2.08. The Morgan fingerprint density at radius 1 is 1.38 bits per heavy atom. The second-order valence-corrected chi connectivity index (χ2v) is 4.52. The first-order valence-corrected chi connectivity index (χ1v) is 5.89. The van der Waals surface area contributed by atoms with Gasteiger partial charge in [0.05, 0.1) is 0 Å². The molecule has 1 heterocycles. The third kappa shape index (κ3) is 2.19. The van der Waals surface area contributed by atoms with E-state index in [9.17, 15) is 4.39 Å². The van der Waals surface area contributed by atoms with Crippen molar-refractivity contribution in [2.24, 2.45) is 5.92 Å². The molecule has 1 fully saturated rings. The molecule has 3 heteroatoms. The molecule has 1 aliphatic heterocycles. The van der Waals surface area contributed by atoms with Crippen LogP contribution in [0.1, 0.15) is 13.3 Å². The van der Waals surface area contributed by atoms with Crippen LogP contribution in [0.2, 0.25) is 0 Å². The van der Waals surface area contributed by atoms with E-state index < -0.39 is 0 Å². The van der Waals surface area contributed by atoms with Crippen LogP contribution >= 0.6 is 0 Å². The summed E-state index contributed by atoms with van der Waals surface area (Å²) in [7, 11) is 1.99. The molecule has 0 saturated carbocycles. The topological polar surface area (TPSA) is 15.3 Å². The standard InChI is InChI=1S/C13H19FN2/c1-10-11(9-15-2)7-8-16(10)13-5-3-12(14)4-6-13/h3-6,10-11,15H,7-9H2,1-2H3. The highest BCUT2D eigenvalue weighted by atomic mass is 19.1. The number of anilines is 1. The average molecular weight is 222 g/mol. The van der Waals surface area contributed by atoms with E-state index in [1.807, 2.05) is 19.2 Å². The van der Waals surface area contributed by atoms with Gasteiger partial charge in [-0.3, -0.25) is 0 Å². The maximum absolute atomic E-state index is 12.8. The van der Waals surface area contributed by atoms with Crippen LogP contribution in [-0.4, -0.2) is 26.2 Å². The van der Waals surface area contributed by atoms with Gasteiger partial charge in [0, 0.05) is 18.3 Å². The predicted octanol–water partition coefficient (Wildman–Crippen LogP) is 2.26. The molecule has 0 amide bonds. The number of benzene rings is 1. The van der Waals surface area contributed by atoms with E-state index in [2.05, 4.69) is 17.1 Å². The van der Waals surface area contributed by atoms with Gasteiger partial charge in [-0.15, -0.1) is 0 Å². The van der Waals surface area contributed by atoms with Crippen LogP contribution in [0.3, 0.4) is 0 Å². The zero-order chi connectivity index (χ0) is 11.5. The average Bonchev–Trinajstić information content (AvgIpc) is 2.63. The Bertz CT molecular complexity index is 336. The van der Waals surface area contributed by atoms with E-state index in [-0.39, 0.29) is 5.82 Å². The van der Waals surface area contributed by atoms with Crippen molar-refractivity contribution in [2.45, 2.75) is 19.4 Å². The van der Waals surface area contributed by atoms with E-state index in [0.29, 0.717) is 12.0 Å². The zero-order valence-corrected chi connectivity index (χ0v) is 9.91. The van der Waals surface area contributed by atoms with Crippen LogP contribution in [0.5, 0.6) is 0 Å². The van der Waals surface area contributed by atoms with E-state index in [1.54, 1.807) is 0 Å². The molecule has 1 aromatic carbocycles. The summed E-state index contributed by atoms with van der Waals surface area (Å²) in [6, 6.07) is 7.33. The molecule has 88 valence electrons. The lowest BCUT2D eigenvalue weighted by atomic mass is 10.0. The van der Waals surface area contributed by atoms with E-state index in [1.165, 1.54) is 18.6 Å². The fraction of sp³-hybridized carbons (Fsp3) is 0.538. The Labute approximate surface area is 96.5 Å². The second kappa shape index (κ2) is 4.83. The zero-order valence-electron chi connectivity index (χ0n) is 9.91. The van der Waals surface area contributed by atoms with Gasteiger partial charge < -0.3 is 10.2 Å². The molecule has 1 saturated heterocycles. The first kappa shape index (κ1) is 11.4. The van der Waals surface area contributed by atoms with Crippen molar-refractivity contribution < 1.29 is 4.39 Å². The SMILES string of the molecule is CNCC1CCN(c2ccc(F)cc2)C1C. The fourth-order valence-corrected chi connectivity index (χ4v) is 2.54. The quantitative estimate of drug-likeness (QED) is 0.844. The minimum Gasteiger partial charge on any atom is -0.368 e. The first-order valence-electron chi connectivity index (χ1n) is 5.89. The number of rotatable bonds is 3. The van der Waals surface area contributed by atoms with Crippen LogP contribution in [-0.2, 0) is 0 Å². The normalized spacial score (nSPS) is 25.1. The smallest absolute Gasteiger partial charge is 0.123 e. The molecule has 2 rings (SSSR count). The molecular formula is C13H19FN2. The lowest BCUT2D eigenvalue weighted by Crippen LogP contribution is -2.33. The van der Waals surface area contributed by atoms with Crippen molar-refractivity contribution in [3.63, 3.8) is 0 Å². The van der Waals surface area contributed by atoms with E-state index >= 15 is 0 Å². The van der Waals surface area contributed by atoms with Crippen LogP contribution < -0.4 is 10.2 Å². The van der Waals surface area contributed by atoms with Crippen LogP contribution in [0.15, 0.2) is 24.3 Å². The lowest BCUT2D eigenvalue weighted by molar-refractivity contribution is 0.473. The molecule has 1 aliphatic rings. The molecule has 2 unspecified atom stereocenters. The van der Waals surface area contributed by atoms with Gasteiger partial charge in [0.1, 0.15) is 5.82 Å². The molecule has 16 heavy (non-hydrogen) atoms. The third-order valence-corrected chi connectivity index (χ3v) is 3.54. The number of nitrogens with one attached hydrogen (secondary N) is 1. The Morgan fingerprint density at radius 3 is 2.69 bits per heavy atom. The van der Waals surface area contributed by atoms with Crippen molar-refractivity contribution in [1.29, 1.82) is 0 Å². The van der Waals surface area contributed by atoms with Crippen molar-refractivity contribution in [1.82, 2.24) is 5.32 Å². The molecule has 1 aromatic rings. The highest BCUT2D eigenvalue weighted by Crippen LogP contribution is 2.29. The van der Waals surface area contributed by atoms with Gasteiger partial charge in [0.25, 0.3) is 0 Å². The summed E-state index contributed by atoms with van der Waals surface area (Å²) in [6.07, 6.45) is 1.21. The number of hydrogen-bond donors (Lipinski definition) is 1. The second-order valence-electron chi connectivity index (χ2n) is 4.52. The summed E-state index contributed by atoms with van der Waals surface area (Å²) in [5.41, 5.74) is 1.13. The van der Waals surface area contributed by atoms with Crippen LogP contribution in [0.25, 0.3) is 0 Å². The highest BCUT2D eigenvalue weighted by Gasteiger charge is 2.29. The fourth-order valence-electron chi connectivity index (χ4n) is 2.54. The van der Waals surface area contributed by atoms with Gasteiger partial charge in [0.2, 0.25) is 0 Å². The van der Waals surface area contributed by atoms with E-state index in [0.717, 1.165) is 18.8 Å². The summed E-state index contributed by atoms with van der Waals surface area (Å²) < 4.78 is 12.8. The van der Waals surface area contributed by atoms with Gasteiger partial charge in [-0.2, -0.15) is 0 Å². The van der Waals surface area contributed by atoms with E-state index in [4.69, 9.17) is 0 Å². The summed E-state index contributed by atoms with van der Waals surface area (Å²) in [5, 5.41) is 3.23. The van der Waals surface area contributed by atoms with Crippen LogP contribution in [0, 0.1) is 11.7 Å². The van der Waals surface area contributed by atoms with Crippen molar-refractivity contribution >= 4 is 5.69 Å². The van der Waals surface area contributed by atoms with Gasteiger partial charge in [-0.05, 0) is 57.1 Å². The van der Waals surface area contributed by atoms with Gasteiger partial charge >= 0.3 is 0 Å². The first-order chi connectivity index (χ1) is 7.72. The molecule has 0 bridgehead atoms. The van der Waals surface area contributed by atoms with Crippen molar-refractivity contribution in [3.8, 4) is 0 Å². The summed E-state index contributed by atoms with van der Waals surface area (Å²) in [4.78, 5) is 2.36. The molecule has 0 spiro atoms. The minimum atomic E-state index is -0.164. The Morgan fingerprint density at radius 2 is 2.06 bits per heavy atom. The molecule has 0 aromatic heterocycles.